The number of thiophene rings is 1. The molecule has 0 bridgehead atoms. The highest BCUT2D eigenvalue weighted by Gasteiger charge is 2.21. The molecule has 0 saturated carbocycles. The van der Waals surface area contributed by atoms with Crippen molar-refractivity contribution in [1.29, 1.82) is 0 Å². The second kappa shape index (κ2) is 6.70. The highest BCUT2D eigenvalue weighted by molar-refractivity contribution is 7.13. The van der Waals surface area contributed by atoms with Crippen LogP contribution in [0.15, 0.2) is 46.3 Å². The number of benzene rings is 1. The number of anilines is 1. The monoisotopic (exact) mass is 344 g/mol. The molecule has 0 unspecified atom stereocenters. The number of hydrogen-bond donors (Lipinski definition) is 0. The lowest BCUT2D eigenvalue weighted by molar-refractivity contribution is 0.215. The minimum atomic E-state index is -0.163. The van der Waals surface area contributed by atoms with Crippen molar-refractivity contribution in [2.24, 2.45) is 0 Å². The summed E-state index contributed by atoms with van der Waals surface area (Å²) in [5, 5.41) is 6.03. The van der Waals surface area contributed by atoms with Crippen molar-refractivity contribution in [2.45, 2.75) is 6.54 Å². The van der Waals surface area contributed by atoms with Gasteiger partial charge in [0.15, 0.2) is 0 Å². The van der Waals surface area contributed by atoms with E-state index in [1.54, 1.807) is 17.4 Å². The molecule has 124 valence electrons. The zero-order valence-electron chi connectivity index (χ0n) is 13.1. The van der Waals surface area contributed by atoms with Gasteiger partial charge in [-0.05, 0) is 23.6 Å². The standard InChI is InChI=1S/C17H17FN4OS/c18-13-4-1-2-5-14(13)22-9-7-21(8-10-22)12-16-19-17(20-23-16)15-6-3-11-24-15/h1-6,11H,7-10,12H2. The predicted octanol–water partition coefficient (Wildman–Crippen LogP) is 3.26. The van der Waals surface area contributed by atoms with Gasteiger partial charge in [-0.15, -0.1) is 11.3 Å². The maximum absolute atomic E-state index is 13.9. The molecule has 0 atom stereocenters. The summed E-state index contributed by atoms with van der Waals surface area (Å²) in [4.78, 5) is 9.80. The second-order valence-electron chi connectivity index (χ2n) is 5.70. The topological polar surface area (TPSA) is 45.4 Å². The molecule has 7 heteroatoms. The summed E-state index contributed by atoms with van der Waals surface area (Å²) in [6.07, 6.45) is 0. The predicted molar refractivity (Wildman–Crippen MR) is 91.5 cm³/mol. The van der Waals surface area contributed by atoms with Gasteiger partial charge in [0.1, 0.15) is 5.82 Å². The quantitative estimate of drug-likeness (QED) is 0.727. The molecule has 1 aromatic carbocycles. The van der Waals surface area contributed by atoms with E-state index in [-0.39, 0.29) is 5.82 Å². The van der Waals surface area contributed by atoms with Crippen LogP contribution in [-0.2, 0) is 6.54 Å². The molecule has 1 saturated heterocycles. The minimum absolute atomic E-state index is 0.163. The van der Waals surface area contributed by atoms with Crippen LogP contribution in [0.2, 0.25) is 0 Å². The van der Waals surface area contributed by atoms with Crippen molar-refractivity contribution >= 4 is 17.0 Å². The summed E-state index contributed by atoms with van der Waals surface area (Å²) in [7, 11) is 0. The van der Waals surface area contributed by atoms with Gasteiger partial charge in [-0.25, -0.2) is 4.39 Å². The first-order valence-electron chi connectivity index (χ1n) is 7.88. The maximum Gasteiger partial charge on any atom is 0.241 e. The Bertz CT molecular complexity index is 797. The molecular formula is C17H17FN4OS. The lowest BCUT2D eigenvalue weighted by atomic mass is 10.2. The average molecular weight is 344 g/mol. The summed E-state index contributed by atoms with van der Waals surface area (Å²) in [6.45, 7) is 3.87. The van der Waals surface area contributed by atoms with E-state index < -0.39 is 0 Å². The van der Waals surface area contributed by atoms with Crippen LogP contribution in [-0.4, -0.2) is 41.2 Å². The molecule has 24 heavy (non-hydrogen) atoms. The van der Waals surface area contributed by atoms with Crippen molar-refractivity contribution in [3.63, 3.8) is 0 Å². The Morgan fingerprint density at radius 3 is 2.67 bits per heavy atom. The number of para-hydroxylation sites is 1. The van der Waals surface area contributed by atoms with E-state index in [1.807, 2.05) is 29.6 Å². The lowest BCUT2D eigenvalue weighted by Crippen LogP contribution is -2.46. The van der Waals surface area contributed by atoms with Gasteiger partial charge in [-0.3, -0.25) is 4.90 Å². The van der Waals surface area contributed by atoms with Crippen LogP contribution < -0.4 is 4.90 Å². The van der Waals surface area contributed by atoms with Gasteiger partial charge >= 0.3 is 0 Å². The summed E-state index contributed by atoms with van der Waals surface area (Å²) < 4.78 is 19.2. The van der Waals surface area contributed by atoms with Gasteiger partial charge in [0.2, 0.25) is 11.7 Å². The van der Waals surface area contributed by atoms with Crippen molar-refractivity contribution < 1.29 is 8.91 Å². The third-order valence-corrected chi connectivity index (χ3v) is 5.00. The summed E-state index contributed by atoms with van der Waals surface area (Å²) in [6, 6.07) is 10.9. The van der Waals surface area contributed by atoms with Crippen molar-refractivity contribution in [3.05, 3.63) is 53.5 Å². The minimum Gasteiger partial charge on any atom is -0.367 e. The van der Waals surface area contributed by atoms with E-state index in [2.05, 4.69) is 19.9 Å². The molecule has 3 heterocycles. The van der Waals surface area contributed by atoms with Crippen LogP contribution in [0.4, 0.5) is 10.1 Å². The molecule has 0 N–H and O–H groups in total. The first-order chi connectivity index (χ1) is 11.8. The van der Waals surface area contributed by atoms with Gasteiger partial charge in [0.25, 0.3) is 0 Å². The Labute approximate surface area is 143 Å². The molecule has 2 aromatic heterocycles. The maximum atomic E-state index is 13.9. The Kier molecular flexibility index (Phi) is 4.27. The third kappa shape index (κ3) is 3.18. The zero-order valence-corrected chi connectivity index (χ0v) is 13.9. The van der Waals surface area contributed by atoms with Crippen LogP contribution in [0, 0.1) is 5.82 Å². The molecule has 1 aliphatic heterocycles. The Morgan fingerprint density at radius 2 is 1.92 bits per heavy atom. The molecule has 1 aliphatic rings. The Balaban J connectivity index is 1.36. The molecule has 1 fully saturated rings. The smallest absolute Gasteiger partial charge is 0.241 e. The fourth-order valence-corrected chi connectivity index (χ4v) is 3.52. The van der Waals surface area contributed by atoms with E-state index in [9.17, 15) is 4.39 Å². The van der Waals surface area contributed by atoms with Gasteiger partial charge < -0.3 is 9.42 Å². The number of piperazine rings is 1. The van der Waals surface area contributed by atoms with E-state index in [1.165, 1.54) is 6.07 Å². The van der Waals surface area contributed by atoms with E-state index in [0.29, 0.717) is 23.9 Å². The van der Waals surface area contributed by atoms with E-state index in [0.717, 1.165) is 31.1 Å². The number of rotatable bonds is 4. The summed E-state index contributed by atoms with van der Waals surface area (Å²) >= 11 is 1.59. The van der Waals surface area contributed by atoms with Crippen molar-refractivity contribution in [3.8, 4) is 10.7 Å². The molecule has 0 radical (unpaired) electrons. The molecule has 5 nitrogen and oxygen atoms in total. The average Bonchev–Trinajstić information content (AvgIpc) is 3.27. The third-order valence-electron chi connectivity index (χ3n) is 4.13. The number of nitrogens with zero attached hydrogens (tertiary/aromatic N) is 4. The van der Waals surface area contributed by atoms with Crippen LogP contribution in [0.3, 0.4) is 0 Å². The van der Waals surface area contributed by atoms with Crippen LogP contribution in [0.1, 0.15) is 5.89 Å². The van der Waals surface area contributed by atoms with Crippen LogP contribution in [0.5, 0.6) is 0 Å². The first-order valence-corrected chi connectivity index (χ1v) is 8.76. The number of halogens is 1. The molecule has 0 amide bonds. The fourth-order valence-electron chi connectivity index (χ4n) is 2.87. The zero-order chi connectivity index (χ0) is 16.4. The lowest BCUT2D eigenvalue weighted by Gasteiger charge is -2.35. The van der Waals surface area contributed by atoms with Gasteiger partial charge in [0.05, 0.1) is 17.1 Å². The number of aromatic nitrogens is 2. The summed E-state index contributed by atoms with van der Waals surface area (Å²) in [5.74, 6) is 1.10. The highest BCUT2D eigenvalue weighted by atomic mass is 32.1. The fraction of sp³-hybridized carbons (Fsp3) is 0.294. The first kappa shape index (κ1) is 15.3. The number of hydrogen-bond acceptors (Lipinski definition) is 6. The van der Waals surface area contributed by atoms with Crippen LogP contribution >= 0.6 is 11.3 Å². The SMILES string of the molecule is Fc1ccccc1N1CCN(Cc2nc(-c3cccs3)no2)CC1. The van der Waals surface area contributed by atoms with Crippen LogP contribution in [0.25, 0.3) is 10.7 Å². The van der Waals surface area contributed by atoms with Crippen molar-refractivity contribution in [2.75, 3.05) is 31.1 Å². The molecule has 4 rings (SSSR count). The van der Waals surface area contributed by atoms with Gasteiger partial charge in [0, 0.05) is 26.2 Å². The van der Waals surface area contributed by atoms with Gasteiger partial charge in [-0.1, -0.05) is 23.4 Å². The Morgan fingerprint density at radius 1 is 1.08 bits per heavy atom. The van der Waals surface area contributed by atoms with Crippen molar-refractivity contribution in [1.82, 2.24) is 15.0 Å². The molecule has 0 spiro atoms. The normalized spacial score (nSPS) is 15.8. The summed E-state index contributed by atoms with van der Waals surface area (Å²) in [5.41, 5.74) is 0.676. The molecule has 3 aromatic rings. The van der Waals surface area contributed by atoms with Gasteiger partial charge in [-0.2, -0.15) is 4.98 Å². The second-order valence-corrected chi connectivity index (χ2v) is 6.65. The van der Waals surface area contributed by atoms with E-state index in [4.69, 9.17) is 4.52 Å². The molecule has 0 aliphatic carbocycles. The van der Waals surface area contributed by atoms with E-state index >= 15 is 0 Å². The highest BCUT2D eigenvalue weighted by Crippen LogP contribution is 2.23. The largest absolute Gasteiger partial charge is 0.367 e. The molecular weight excluding hydrogens is 327 g/mol. The Hall–Kier alpha value is -2.25.